The van der Waals surface area contributed by atoms with E-state index in [0.29, 0.717) is 34.5 Å². The van der Waals surface area contributed by atoms with Gasteiger partial charge in [-0.2, -0.15) is 0 Å². The average molecular weight is 483 g/mol. The van der Waals surface area contributed by atoms with Crippen LogP contribution in [-0.2, 0) is 17.8 Å². The van der Waals surface area contributed by atoms with Crippen molar-refractivity contribution in [3.05, 3.63) is 105 Å². The van der Waals surface area contributed by atoms with Gasteiger partial charge < -0.3 is 14.6 Å². The zero-order chi connectivity index (χ0) is 25.8. The van der Waals surface area contributed by atoms with Crippen molar-refractivity contribution in [2.45, 2.75) is 40.7 Å². The number of ether oxygens (including phenoxy) is 1. The summed E-state index contributed by atoms with van der Waals surface area (Å²) in [7, 11) is 0. The highest BCUT2D eigenvalue weighted by molar-refractivity contribution is 6.10. The first-order valence-corrected chi connectivity index (χ1v) is 12.1. The molecule has 0 atom stereocenters. The van der Waals surface area contributed by atoms with E-state index < -0.39 is 0 Å². The number of pyridine rings is 1. The number of amides is 1. The fourth-order valence-corrected chi connectivity index (χ4v) is 4.15. The highest BCUT2D eigenvalue weighted by Gasteiger charge is 2.19. The predicted octanol–water partition coefficient (Wildman–Crippen LogP) is 5.45. The summed E-state index contributed by atoms with van der Waals surface area (Å²) in [5.74, 6) is -0.109. The van der Waals surface area contributed by atoms with Gasteiger partial charge in [0, 0.05) is 17.4 Å². The topological polar surface area (TPSA) is 77.4 Å². The quantitative estimate of drug-likeness (QED) is 0.339. The summed E-state index contributed by atoms with van der Waals surface area (Å²) in [6.07, 6.45) is 2.34. The number of anilines is 1. The molecule has 0 spiro atoms. The van der Waals surface area contributed by atoms with Gasteiger partial charge in [-0.05, 0) is 74.2 Å². The Balaban J connectivity index is 1.76. The largest absolute Gasteiger partial charge is 0.494 e. The van der Waals surface area contributed by atoms with Gasteiger partial charge in [0.2, 0.25) is 11.3 Å². The van der Waals surface area contributed by atoms with Gasteiger partial charge in [-0.25, -0.2) is 0 Å². The Morgan fingerprint density at radius 3 is 2.33 bits per heavy atom. The van der Waals surface area contributed by atoms with Crippen molar-refractivity contribution < 1.29 is 14.3 Å². The summed E-state index contributed by atoms with van der Waals surface area (Å²) in [4.78, 5) is 39.8. The molecule has 0 saturated carbocycles. The summed E-state index contributed by atoms with van der Waals surface area (Å²) >= 11 is 0. The molecule has 6 nitrogen and oxygen atoms in total. The average Bonchev–Trinajstić information content (AvgIpc) is 2.88. The molecule has 0 aliphatic carbocycles. The van der Waals surface area contributed by atoms with Crippen LogP contribution in [0.2, 0.25) is 0 Å². The maximum absolute atomic E-state index is 13.4. The molecule has 0 bridgehead atoms. The Labute approximate surface area is 210 Å². The van der Waals surface area contributed by atoms with Crippen molar-refractivity contribution in [2.24, 2.45) is 0 Å². The van der Waals surface area contributed by atoms with Crippen molar-refractivity contribution in [1.29, 1.82) is 0 Å². The molecular weight excluding hydrogens is 452 g/mol. The van der Waals surface area contributed by atoms with Crippen LogP contribution in [0.1, 0.15) is 46.5 Å². The summed E-state index contributed by atoms with van der Waals surface area (Å²) < 4.78 is 7.24. The molecule has 6 heteroatoms. The number of carbonyl (C=O) groups is 2. The number of carbonyl (C=O) groups excluding carboxylic acids is 2. The summed E-state index contributed by atoms with van der Waals surface area (Å²) in [6, 6.07) is 18.1. The third-order valence-corrected chi connectivity index (χ3v) is 6.34. The number of fused-ring (bicyclic) bond motifs is 1. The van der Waals surface area contributed by atoms with E-state index in [1.807, 2.05) is 58.0 Å². The van der Waals surface area contributed by atoms with Crippen molar-refractivity contribution >= 4 is 28.3 Å². The molecule has 184 valence electrons. The lowest BCUT2D eigenvalue weighted by Gasteiger charge is -2.15. The molecule has 1 aromatic heterocycles. The van der Waals surface area contributed by atoms with E-state index in [1.165, 1.54) is 6.20 Å². The Bertz CT molecular complexity index is 1500. The lowest BCUT2D eigenvalue weighted by atomic mass is 10.0. The number of hydrogen-bond acceptors (Lipinski definition) is 4. The van der Waals surface area contributed by atoms with Gasteiger partial charge in [-0.15, -0.1) is 0 Å². The van der Waals surface area contributed by atoms with E-state index in [2.05, 4.69) is 5.32 Å². The summed E-state index contributed by atoms with van der Waals surface area (Å²) in [5, 5.41) is 3.24. The van der Waals surface area contributed by atoms with Gasteiger partial charge >= 0.3 is 0 Å². The van der Waals surface area contributed by atoms with E-state index in [4.69, 9.17) is 4.74 Å². The fraction of sp³-hybridized carbons (Fsp3) is 0.233. The van der Waals surface area contributed by atoms with E-state index in [-0.39, 0.29) is 29.2 Å². The third-order valence-electron chi connectivity index (χ3n) is 6.34. The normalized spacial score (nSPS) is 10.9. The second-order valence-corrected chi connectivity index (χ2v) is 8.84. The molecule has 1 amide bonds. The van der Waals surface area contributed by atoms with Crippen LogP contribution in [0, 0.1) is 13.8 Å². The standard InChI is InChI=1S/C30H30N2O4/c1-5-21-8-10-22(11-9-21)29(34)26-17-32(18-28(33)31-23-12-7-19(3)20(4)15-23)27-14-13-24(36-6-2)16-25(27)30(26)35/h7-17H,5-6,18H2,1-4H3,(H,31,33). The van der Waals surface area contributed by atoms with E-state index in [9.17, 15) is 14.4 Å². The number of nitrogens with one attached hydrogen (secondary N) is 1. The van der Waals surface area contributed by atoms with Crippen molar-refractivity contribution in [3.8, 4) is 5.75 Å². The van der Waals surface area contributed by atoms with E-state index in [1.54, 1.807) is 34.9 Å². The van der Waals surface area contributed by atoms with Crippen LogP contribution >= 0.6 is 0 Å². The van der Waals surface area contributed by atoms with Crippen LogP contribution in [0.4, 0.5) is 5.69 Å². The number of rotatable bonds is 8. The zero-order valence-corrected chi connectivity index (χ0v) is 21.1. The van der Waals surface area contributed by atoms with Gasteiger partial charge in [0.15, 0.2) is 5.78 Å². The van der Waals surface area contributed by atoms with Gasteiger partial charge in [0.1, 0.15) is 12.3 Å². The van der Waals surface area contributed by atoms with Gasteiger partial charge in [-0.3, -0.25) is 14.4 Å². The Kier molecular flexibility index (Phi) is 7.34. The first kappa shape index (κ1) is 24.9. The molecule has 4 aromatic rings. The summed E-state index contributed by atoms with van der Waals surface area (Å²) in [5.41, 5.74) is 4.62. The van der Waals surface area contributed by atoms with Crippen LogP contribution in [0.3, 0.4) is 0 Å². The Morgan fingerprint density at radius 1 is 0.917 bits per heavy atom. The van der Waals surface area contributed by atoms with Crippen LogP contribution in [0.5, 0.6) is 5.75 Å². The summed E-state index contributed by atoms with van der Waals surface area (Å²) in [6.45, 7) is 8.28. The maximum atomic E-state index is 13.4. The molecule has 3 aromatic carbocycles. The first-order valence-electron chi connectivity index (χ1n) is 12.1. The fourth-order valence-electron chi connectivity index (χ4n) is 4.15. The minimum atomic E-state index is -0.387. The lowest BCUT2D eigenvalue weighted by Crippen LogP contribution is -2.24. The first-order chi connectivity index (χ1) is 17.3. The van der Waals surface area contributed by atoms with Gasteiger partial charge in [0.05, 0.1) is 23.1 Å². The van der Waals surface area contributed by atoms with Crippen LogP contribution in [0.15, 0.2) is 71.7 Å². The Hall–Kier alpha value is -4.19. The number of aryl methyl sites for hydroxylation is 3. The molecule has 4 rings (SSSR count). The van der Waals surface area contributed by atoms with Crippen molar-refractivity contribution in [1.82, 2.24) is 4.57 Å². The maximum Gasteiger partial charge on any atom is 0.244 e. The van der Waals surface area contributed by atoms with E-state index >= 15 is 0 Å². The van der Waals surface area contributed by atoms with E-state index in [0.717, 1.165) is 23.1 Å². The third kappa shape index (κ3) is 5.23. The second-order valence-electron chi connectivity index (χ2n) is 8.84. The number of nitrogens with zero attached hydrogens (tertiary/aromatic N) is 1. The second kappa shape index (κ2) is 10.6. The lowest BCUT2D eigenvalue weighted by molar-refractivity contribution is -0.116. The molecular formula is C30H30N2O4. The highest BCUT2D eigenvalue weighted by atomic mass is 16.5. The smallest absolute Gasteiger partial charge is 0.244 e. The minimum Gasteiger partial charge on any atom is -0.494 e. The highest BCUT2D eigenvalue weighted by Crippen LogP contribution is 2.21. The number of hydrogen-bond donors (Lipinski definition) is 1. The molecule has 0 unspecified atom stereocenters. The minimum absolute atomic E-state index is 0.0133. The molecule has 0 saturated heterocycles. The van der Waals surface area contributed by atoms with Gasteiger partial charge in [-0.1, -0.05) is 37.3 Å². The molecule has 1 N–H and O–H groups in total. The zero-order valence-electron chi connectivity index (χ0n) is 21.1. The number of ketones is 1. The predicted molar refractivity (Wildman–Crippen MR) is 143 cm³/mol. The number of aromatic nitrogens is 1. The SMILES string of the molecule is CCOc1ccc2c(c1)c(=O)c(C(=O)c1ccc(CC)cc1)cn2CC(=O)Nc1ccc(C)c(C)c1. The van der Waals surface area contributed by atoms with Crippen LogP contribution in [-0.4, -0.2) is 22.9 Å². The van der Waals surface area contributed by atoms with Crippen LogP contribution in [0.25, 0.3) is 10.9 Å². The molecule has 0 radical (unpaired) electrons. The molecule has 0 aliphatic rings. The molecule has 36 heavy (non-hydrogen) atoms. The van der Waals surface area contributed by atoms with Crippen LogP contribution < -0.4 is 15.5 Å². The van der Waals surface area contributed by atoms with Gasteiger partial charge in [0.25, 0.3) is 0 Å². The Morgan fingerprint density at radius 2 is 1.67 bits per heavy atom. The number of benzene rings is 3. The van der Waals surface area contributed by atoms with Crippen molar-refractivity contribution in [2.75, 3.05) is 11.9 Å². The van der Waals surface area contributed by atoms with Crippen molar-refractivity contribution in [3.63, 3.8) is 0 Å². The monoisotopic (exact) mass is 482 g/mol. The molecule has 0 aliphatic heterocycles. The molecule has 0 fully saturated rings. The molecule has 1 heterocycles.